The Bertz CT molecular complexity index is 99.7. The molecule has 1 radical (unpaired) electrons. The highest BCUT2D eigenvalue weighted by atomic mass is 16.3. The third-order valence-corrected chi connectivity index (χ3v) is 2.52. The first kappa shape index (κ1) is 9.01. The van der Waals surface area contributed by atoms with Crippen LogP contribution in [0.15, 0.2) is 0 Å². The van der Waals surface area contributed by atoms with Crippen LogP contribution in [0.5, 0.6) is 0 Å². The summed E-state index contributed by atoms with van der Waals surface area (Å²) in [6.45, 7) is 1.12. The van der Waals surface area contributed by atoms with Crippen LogP contribution in [0.25, 0.3) is 0 Å². The van der Waals surface area contributed by atoms with Crippen molar-refractivity contribution < 1.29 is 5.11 Å². The summed E-state index contributed by atoms with van der Waals surface area (Å²) in [4.78, 5) is 0. The molecule has 0 amide bonds. The van der Waals surface area contributed by atoms with Crippen molar-refractivity contribution in [1.29, 1.82) is 0 Å². The molecule has 0 bridgehead atoms. The molecular formula is C9H18NO. The highest BCUT2D eigenvalue weighted by molar-refractivity contribution is 4.75. The molecule has 2 nitrogen and oxygen atoms in total. The van der Waals surface area contributed by atoms with Crippen molar-refractivity contribution in [2.45, 2.75) is 44.6 Å². The zero-order valence-corrected chi connectivity index (χ0v) is 7.00. The van der Waals surface area contributed by atoms with Gasteiger partial charge in [-0.2, -0.15) is 0 Å². The van der Waals surface area contributed by atoms with Crippen molar-refractivity contribution in [1.82, 2.24) is 0 Å². The van der Waals surface area contributed by atoms with Gasteiger partial charge in [0, 0.05) is 6.04 Å². The lowest BCUT2D eigenvalue weighted by molar-refractivity contribution is 0.282. The average molecular weight is 156 g/mol. The standard InChI is InChI=1S/C9H18NO/c10-9(7-11)6-8-4-2-1-3-5-8/h7-9,11H,1-6,10H2. The highest BCUT2D eigenvalue weighted by Gasteiger charge is 2.15. The molecular weight excluding hydrogens is 138 g/mol. The fraction of sp³-hybridized carbons (Fsp3) is 0.889. The van der Waals surface area contributed by atoms with Crippen molar-refractivity contribution in [2.75, 3.05) is 0 Å². The number of nitrogens with two attached hydrogens (primary N) is 1. The first-order valence-corrected chi connectivity index (χ1v) is 4.56. The van der Waals surface area contributed by atoms with Gasteiger partial charge < -0.3 is 10.8 Å². The zero-order valence-electron chi connectivity index (χ0n) is 7.00. The molecule has 1 unspecified atom stereocenters. The Kier molecular flexibility index (Phi) is 3.87. The summed E-state index contributed by atoms with van der Waals surface area (Å²) >= 11 is 0. The van der Waals surface area contributed by atoms with Crippen LogP contribution in [0.1, 0.15) is 38.5 Å². The summed E-state index contributed by atoms with van der Waals surface area (Å²) in [5, 5.41) is 8.62. The fourth-order valence-electron chi connectivity index (χ4n) is 1.87. The van der Waals surface area contributed by atoms with E-state index in [-0.39, 0.29) is 6.04 Å². The molecule has 0 aromatic heterocycles. The van der Waals surface area contributed by atoms with Crippen LogP contribution in [-0.4, -0.2) is 11.1 Å². The van der Waals surface area contributed by atoms with Crippen LogP contribution in [-0.2, 0) is 0 Å². The van der Waals surface area contributed by atoms with E-state index in [1.54, 1.807) is 0 Å². The van der Waals surface area contributed by atoms with Gasteiger partial charge in [0.15, 0.2) is 0 Å². The van der Waals surface area contributed by atoms with Crippen LogP contribution >= 0.6 is 0 Å². The predicted molar refractivity (Wildman–Crippen MR) is 45.4 cm³/mol. The Labute approximate surface area is 68.8 Å². The predicted octanol–water partition coefficient (Wildman–Crippen LogP) is 1.82. The van der Waals surface area contributed by atoms with E-state index < -0.39 is 0 Å². The zero-order chi connectivity index (χ0) is 8.10. The number of hydrogen-bond donors (Lipinski definition) is 2. The quantitative estimate of drug-likeness (QED) is 0.654. The largest absolute Gasteiger partial charge is 0.389 e. The monoisotopic (exact) mass is 156 g/mol. The molecule has 65 valence electrons. The van der Waals surface area contributed by atoms with Crippen molar-refractivity contribution in [2.24, 2.45) is 11.7 Å². The van der Waals surface area contributed by atoms with Gasteiger partial charge in [-0.15, -0.1) is 0 Å². The Balaban J connectivity index is 2.13. The van der Waals surface area contributed by atoms with Gasteiger partial charge >= 0.3 is 0 Å². The number of rotatable bonds is 3. The molecule has 1 aliphatic rings. The Morgan fingerprint density at radius 1 is 1.36 bits per heavy atom. The molecule has 1 aliphatic carbocycles. The molecule has 3 N–H and O–H groups in total. The molecule has 1 fully saturated rings. The first-order valence-electron chi connectivity index (χ1n) is 4.56. The van der Waals surface area contributed by atoms with Crippen LogP contribution in [0.2, 0.25) is 0 Å². The topological polar surface area (TPSA) is 46.2 Å². The summed E-state index contributed by atoms with van der Waals surface area (Å²) in [6, 6.07) is -0.0990. The summed E-state index contributed by atoms with van der Waals surface area (Å²) in [7, 11) is 0. The van der Waals surface area contributed by atoms with Crippen LogP contribution in [0.4, 0.5) is 0 Å². The van der Waals surface area contributed by atoms with E-state index >= 15 is 0 Å². The number of aliphatic hydroxyl groups is 1. The minimum Gasteiger partial charge on any atom is -0.389 e. The normalized spacial score (nSPS) is 23.5. The lowest BCUT2D eigenvalue weighted by Gasteiger charge is -2.23. The van der Waals surface area contributed by atoms with Crippen molar-refractivity contribution in [3.05, 3.63) is 6.61 Å². The van der Waals surface area contributed by atoms with Crippen molar-refractivity contribution >= 4 is 0 Å². The van der Waals surface area contributed by atoms with Crippen LogP contribution in [0.3, 0.4) is 0 Å². The van der Waals surface area contributed by atoms with Gasteiger partial charge in [0.25, 0.3) is 0 Å². The van der Waals surface area contributed by atoms with E-state index in [1.807, 2.05) is 0 Å². The Morgan fingerprint density at radius 3 is 2.55 bits per heavy atom. The van der Waals surface area contributed by atoms with Gasteiger partial charge in [-0.3, -0.25) is 0 Å². The SMILES string of the molecule is NC([CH]O)CC1CCCCC1. The second-order valence-electron chi connectivity index (χ2n) is 3.55. The van der Waals surface area contributed by atoms with Gasteiger partial charge in [0.2, 0.25) is 0 Å². The van der Waals surface area contributed by atoms with E-state index in [0.717, 1.165) is 18.9 Å². The summed E-state index contributed by atoms with van der Waals surface area (Å²) in [6.07, 6.45) is 7.67. The molecule has 2 heteroatoms. The maximum Gasteiger partial charge on any atom is 0.0964 e. The Morgan fingerprint density at radius 2 is 2.00 bits per heavy atom. The van der Waals surface area contributed by atoms with E-state index in [2.05, 4.69) is 0 Å². The lowest BCUT2D eigenvalue weighted by Crippen LogP contribution is -2.24. The summed E-state index contributed by atoms with van der Waals surface area (Å²) in [5.41, 5.74) is 5.60. The maximum absolute atomic E-state index is 8.62. The van der Waals surface area contributed by atoms with Crippen LogP contribution in [0, 0.1) is 12.5 Å². The second-order valence-corrected chi connectivity index (χ2v) is 3.55. The van der Waals surface area contributed by atoms with Gasteiger partial charge in [-0.05, 0) is 12.3 Å². The number of hydrogen-bond acceptors (Lipinski definition) is 2. The molecule has 0 aromatic rings. The Hall–Kier alpha value is -0.0800. The van der Waals surface area contributed by atoms with Crippen molar-refractivity contribution in [3.8, 4) is 0 Å². The molecule has 11 heavy (non-hydrogen) atoms. The van der Waals surface area contributed by atoms with Crippen molar-refractivity contribution in [3.63, 3.8) is 0 Å². The van der Waals surface area contributed by atoms with Gasteiger partial charge in [-0.1, -0.05) is 32.1 Å². The van der Waals surface area contributed by atoms with Crippen LogP contribution < -0.4 is 5.73 Å². The molecule has 0 saturated heterocycles. The van der Waals surface area contributed by atoms with E-state index in [4.69, 9.17) is 10.8 Å². The molecule has 1 rings (SSSR count). The minimum atomic E-state index is -0.0990. The maximum atomic E-state index is 8.62. The first-order chi connectivity index (χ1) is 5.33. The molecule has 0 aliphatic heterocycles. The summed E-state index contributed by atoms with van der Waals surface area (Å²) in [5.74, 6) is 0.766. The second kappa shape index (κ2) is 4.73. The fourth-order valence-corrected chi connectivity index (χ4v) is 1.87. The third-order valence-electron chi connectivity index (χ3n) is 2.52. The van der Waals surface area contributed by atoms with E-state index in [9.17, 15) is 0 Å². The third kappa shape index (κ3) is 3.21. The number of aliphatic hydroxyl groups excluding tert-OH is 1. The summed E-state index contributed by atoms with van der Waals surface area (Å²) < 4.78 is 0. The van der Waals surface area contributed by atoms with E-state index in [0.29, 0.717) is 0 Å². The van der Waals surface area contributed by atoms with Gasteiger partial charge in [0.05, 0.1) is 6.61 Å². The van der Waals surface area contributed by atoms with Gasteiger partial charge in [-0.25, -0.2) is 0 Å². The average Bonchev–Trinajstić information content (AvgIpc) is 2.06. The minimum absolute atomic E-state index is 0.0990. The lowest BCUT2D eigenvalue weighted by atomic mass is 9.85. The highest BCUT2D eigenvalue weighted by Crippen LogP contribution is 2.26. The van der Waals surface area contributed by atoms with E-state index in [1.165, 1.54) is 32.1 Å². The van der Waals surface area contributed by atoms with Gasteiger partial charge in [0.1, 0.15) is 0 Å². The smallest absolute Gasteiger partial charge is 0.0964 e. The molecule has 0 spiro atoms. The molecule has 0 heterocycles. The molecule has 0 aromatic carbocycles. The molecule has 1 saturated carbocycles. The molecule has 1 atom stereocenters.